The van der Waals surface area contributed by atoms with E-state index in [0.29, 0.717) is 16.7 Å². The highest BCUT2D eigenvalue weighted by atomic mass is 16.4. The molecule has 0 aliphatic heterocycles. The number of carbonyl (C=O) groups is 2. The number of carbonyl (C=O) groups excluding carboxylic acids is 1. The maximum absolute atomic E-state index is 12.6. The van der Waals surface area contributed by atoms with Crippen molar-refractivity contribution < 1.29 is 23.5 Å². The van der Waals surface area contributed by atoms with Gasteiger partial charge in [0.25, 0.3) is 0 Å². The SMILES string of the molecule is Cc1c(CCC(=O)N[C@H](C(=O)O)C(C)C)c(=O)oc2cc3occ(C(C)(C)C)c3cc12. The number of amides is 1. The Morgan fingerprint density at radius 3 is 2.39 bits per heavy atom. The zero-order valence-electron chi connectivity index (χ0n) is 18.8. The quantitative estimate of drug-likeness (QED) is 0.568. The van der Waals surface area contributed by atoms with Crippen molar-refractivity contribution in [1.82, 2.24) is 5.32 Å². The van der Waals surface area contributed by atoms with Crippen molar-refractivity contribution in [3.63, 3.8) is 0 Å². The summed E-state index contributed by atoms with van der Waals surface area (Å²) in [6.45, 7) is 11.6. The van der Waals surface area contributed by atoms with Crippen molar-refractivity contribution in [2.45, 2.75) is 65.8 Å². The maximum Gasteiger partial charge on any atom is 0.339 e. The molecule has 1 atom stereocenters. The number of carboxylic acid groups (broad SMARTS) is 1. The van der Waals surface area contributed by atoms with Gasteiger partial charge in [0.2, 0.25) is 5.91 Å². The molecule has 7 nitrogen and oxygen atoms in total. The van der Waals surface area contributed by atoms with E-state index in [1.54, 1.807) is 26.2 Å². The van der Waals surface area contributed by atoms with Crippen LogP contribution in [0.3, 0.4) is 0 Å². The van der Waals surface area contributed by atoms with Gasteiger partial charge in [-0.2, -0.15) is 0 Å². The second-order valence-electron chi connectivity index (χ2n) is 9.36. The van der Waals surface area contributed by atoms with Crippen LogP contribution in [0.2, 0.25) is 0 Å². The number of hydrogen-bond donors (Lipinski definition) is 2. The first-order valence-corrected chi connectivity index (χ1v) is 10.4. The van der Waals surface area contributed by atoms with Gasteiger partial charge in [0.1, 0.15) is 17.2 Å². The van der Waals surface area contributed by atoms with Crippen LogP contribution in [0.25, 0.3) is 21.9 Å². The Morgan fingerprint density at radius 2 is 1.81 bits per heavy atom. The number of aryl methyl sites for hydroxylation is 1. The van der Waals surface area contributed by atoms with Crippen molar-refractivity contribution in [3.05, 3.63) is 45.5 Å². The third kappa shape index (κ3) is 4.50. The molecule has 0 aliphatic carbocycles. The molecule has 0 radical (unpaired) electrons. The number of benzene rings is 1. The van der Waals surface area contributed by atoms with Crippen molar-refractivity contribution in [3.8, 4) is 0 Å². The van der Waals surface area contributed by atoms with E-state index in [1.807, 2.05) is 13.0 Å². The molecule has 2 N–H and O–H groups in total. The van der Waals surface area contributed by atoms with Crippen LogP contribution in [0.1, 0.15) is 57.7 Å². The molecule has 0 aliphatic rings. The Bertz CT molecular complexity index is 1210. The molecule has 2 heterocycles. The van der Waals surface area contributed by atoms with Gasteiger partial charge in [-0.05, 0) is 36.3 Å². The summed E-state index contributed by atoms with van der Waals surface area (Å²) in [5, 5.41) is 13.5. The topological polar surface area (TPSA) is 110 Å². The van der Waals surface area contributed by atoms with Crippen molar-refractivity contribution in [2.75, 3.05) is 0 Å². The molecule has 3 rings (SSSR count). The van der Waals surface area contributed by atoms with E-state index in [0.717, 1.165) is 21.9 Å². The van der Waals surface area contributed by atoms with Gasteiger partial charge in [-0.1, -0.05) is 34.6 Å². The van der Waals surface area contributed by atoms with E-state index in [2.05, 4.69) is 26.1 Å². The third-order valence-electron chi connectivity index (χ3n) is 5.64. The van der Waals surface area contributed by atoms with E-state index >= 15 is 0 Å². The summed E-state index contributed by atoms with van der Waals surface area (Å²) in [6, 6.07) is 2.73. The molecular weight excluding hydrogens is 398 g/mol. The minimum absolute atomic E-state index is 0.00516. The van der Waals surface area contributed by atoms with Gasteiger partial charge in [-0.15, -0.1) is 0 Å². The summed E-state index contributed by atoms with van der Waals surface area (Å²) in [5.74, 6) is -1.74. The van der Waals surface area contributed by atoms with E-state index < -0.39 is 23.5 Å². The molecule has 1 aromatic carbocycles. The van der Waals surface area contributed by atoms with E-state index in [4.69, 9.17) is 8.83 Å². The fraction of sp³-hybridized carbons (Fsp3) is 0.458. The number of hydrogen-bond acceptors (Lipinski definition) is 5. The largest absolute Gasteiger partial charge is 0.480 e. The molecule has 3 aromatic rings. The second kappa shape index (κ2) is 8.21. The summed E-state index contributed by atoms with van der Waals surface area (Å²) in [7, 11) is 0. The number of carboxylic acids is 1. The molecule has 7 heteroatoms. The normalized spacial score (nSPS) is 13.1. The molecule has 0 spiro atoms. The molecule has 0 bridgehead atoms. The zero-order valence-corrected chi connectivity index (χ0v) is 18.8. The molecule has 0 saturated heterocycles. The molecule has 166 valence electrons. The molecule has 0 saturated carbocycles. The van der Waals surface area contributed by atoms with Crippen molar-refractivity contribution >= 4 is 33.8 Å². The average molecular weight is 427 g/mol. The molecule has 0 fully saturated rings. The first-order chi connectivity index (χ1) is 14.4. The number of nitrogens with one attached hydrogen (secondary N) is 1. The maximum atomic E-state index is 12.6. The van der Waals surface area contributed by atoms with Gasteiger partial charge in [0, 0.05) is 34.4 Å². The summed E-state index contributed by atoms with van der Waals surface area (Å²) in [6.07, 6.45) is 1.89. The highest BCUT2D eigenvalue weighted by Crippen LogP contribution is 2.35. The Morgan fingerprint density at radius 1 is 1.13 bits per heavy atom. The Labute approximate surface area is 180 Å². The lowest BCUT2D eigenvalue weighted by atomic mass is 9.86. The monoisotopic (exact) mass is 427 g/mol. The lowest BCUT2D eigenvalue weighted by Gasteiger charge is -2.18. The van der Waals surface area contributed by atoms with Crippen LogP contribution in [-0.4, -0.2) is 23.0 Å². The van der Waals surface area contributed by atoms with Gasteiger partial charge >= 0.3 is 11.6 Å². The third-order valence-corrected chi connectivity index (χ3v) is 5.64. The second-order valence-corrected chi connectivity index (χ2v) is 9.36. The van der Waals surface area contributed by atoms with Crippen LogP contribution in [0.5, 0.6) is 0 Å². The molecule has 1 amide bonds. The van der Waals surface area contributed by atoms with Crippen molar-refractivity contribution in [1.29, 1.82) is 0 Å². The minimum Gasteiger partial charge on any atom is -0.480 e. The number of fused-ring (bicyclic) bond motifs is 2. The predicted octanol–water partition coefficient (Wildman–Crippen LogP) is 4.30. The van der Waals surface area contributed by atoms with E-state index in [1.165, 1.54) is 0 Å². The summed E-state index contributed by atoms with van der Waals surface area (Å²) in [5.41, 5.74) is 2.70. The van der Waals surface area contributed by atoms with Crippen LogP contribution >= 0.6 is 0 Å². The first kappa shape index (κ1) is 22.6. The highest BCUT2D eigenvalue weighted by molar-refractivity contribution is 5.97. The fourth-order valence-electron chi connectivity index (χ4n) is 3.78. The van der Waals surface area contributed by atoms with E-state index in [-0.39, 0.29) is 24.2 Å². The Kier molecular flexibility index (Phi) is 5.98. The van der Waals surface area contributed by atoms with Crippen LogP contribution in [0, 0.1) is 12.8 Å². The molecule has 31 heavy (non-hydrogen) atoms. The Hall–Kier alpha value is -3.09. The summed E-state index contributed by atoms with van der Waals surface area (Å²) in [4.78, 5) is 36.2. The lowest BCUT2D eigenvalue weighted by molar-refractivity contribution is -0.143. The van der Waals surface area contributed by atoms with Crippen molar-refractivity contribution in [2.24, 2.45) is 5.92 Å². The van der Waals surface area contributed by atoms with Gasteiger partial charge < -0.3 is 19.3 Å². The number of aliphatic carboxylic acids is 1. The Balaban J connectivity index is 1.94. The number of furan rings is 1. The molecule has 0 unspecified atom stereocenters. The molecular formula is C24H29NO6. The summed E-state index contributed by atoms with van der Waals surface area (Å²) < 4.78 is 11.2. The van der Waals surface area contributed by atoms with Crippen LogP contribution in [0.15, 0.2) is 32.0 Å². The van der Waals surface area contributed by atoms with Gasteiger partial charge in [-0.25, -0.2) is 9.59 Å². The average Bonchev–Trinajstić information content (AvgIpc) is 3.07. The first-order valence-electron chi connectivity index (χ1n) is 10.4. The smallest absolute Gasteiger partial charge is 0.339 e. The lowest BCUT2D eigenvalue weighted by Crippen LogP contribution is -2.44. The predicted molar refractivity (Wildman–Crippen MR) is 118 cm³/mol. The fourth-order valence-corrected chi connectivity index (χ4v) is 3.78. The minimum atomic E-state index is -1.08. The number of rotatable bonds is 6. The summed E-state index contributed by atoms with van der Waals surface area (Å²) >= 11 is 0. The molecule has 2 aromatic heterocycles. The van der Waals surface area contributed by atoms with Gasteiger partial charge in [-0.3, -0.25) is 4.79 Å². The standard InChI is InChI=1S/C24H29NO6/c1-12(2)21(22(27)28)25-20(26)8-7-14-13(3)15-9-16-17(24(4,5)6)11-30-18(16)10-19(15)31-23(14)29/h9-12,21H,7-8H2,1-6H3,(H,25,26)(H,27,28)/t21-/m0/s1. The van der Waals surface area contributed by atoms with E-state index in [9.17, 15) is 19.5 Å². The van der Waals surface area contributed by atoms with Gasteiger partial charge in [0.05, 0.1) is 6.26 Å². The van der Waals surface area contributed by atoms with Crippen LogP contribution in [-0.2, 0) is 21.4 Å². The zero-order chi connectivity index (χ0) is 23.1. The van der Waals surface area contributed by atoms with Gasteiger partial charge in [0.15, 0.2) is 0 Å². The highest BCUT2D eigenvalue weighted by Gasteiger charge is 2.24. The van der Waals surface area contributed by atoms with Crippen LogP contribution < -0.4 is 10.9 Å². The van der Waals surface area contributed by atoms with Crippen LogP contribution in [0.4, 0.5) is 0 Å².